The average Bonchev–Trinajstić information content (AvgIpc) is 2.36. The number of nitriles is 1. The SMILES string of the molecule is CC1CCCC(O)(CNC2CCCCC2C#N)C1. The molecule has 0 aromatic rings. The van der Waals surface area contributed by atoms with Crippen LogP contribution < -0.4 is 5.32 Å². The summed E-state index contributed by atoms with van der Waals surface area (Å²) >= 11 is 0. The summed E-state index contributed by atoms with van der Waals surface area (Å²) in [6, 6.07) is 2.72. The van der Waals surface area contributed by atoms with E-state index in [2.05, 4.69) is 18.3 Å². The van der Waals surface area contributed by atoms with E-state index >= 15 is 0 Å². The first-order valence-corrected chi connectivity index (χ1v) is 7.48. The average molecular weight is 250 g/mol. The fourth-order valence-electron chi connectivity index (χ4n) is 3.64. The summed E-state index contributed by atoms with van der Waals surface area (Å²) in [4.78, 5) is 0. The second-order valence-corrected chi connectivity index (χ2v) is 6.43. The maximum atomic E-state index is 10.6. The topological polar surface area (TPSA) is 56.0 Å². The maximum absolute atomic E-state index is 10.6. The van der Waals surface area contributed by atoms with Gasteiger partial charge in [0.15, 0.2) is 0 Å². The van der Waals surface area contributed by atoms with Crippen molar-refractivity contribution in [2.24, 2.45) is 11.8 Å². The maximum Gasteiger partial charge on any atom is 0.0774 e. The Morgan fingerprint density at radius 2 is 2.06 bits per heavy atom. The Labute approximate surface area is 111 Å². The fraction of sp³-hybridized carbons (Fsp3) is 0.933. The lowest BCUT2D eigenvalue weighted by atomic mass is 9.78. The molecule has 4 atom stereocenters. The van der Waals surface area contributed by atoms with Crippen LogP contribution in [0.2, 0.25) is 0 Å². The van der Waals surface area contributed by atoms with Crippen LogP contribution in [0.3, 0.4) is 0 Å². The number of nitrogens with zero attached hydrogens (tertiary/aromatic N) is 1. The summed E-state index contributed by atoms with van der Waals surface area (Å²) in [6.07, 6.45) is 8.69. The molecule has 0 radical (unpaired) electrons. The van der Waals surface area contributed by atoms with Crippen LogP contribution in [-0.4, -0.2) is 23.3 Å². The lowest BCUT2D eigenvalue weighted by Gasteiger charge is -2.38. The third kappa shape index (κ3) is 3.46. The summed E-state index contributed by atoms with van der Waals surface area (Å²) in [7, 11) is 0. The third-order valence-electron chi connectivity index (χ3n) is 4.69. The first-order chi connectivity index (χ1) is 8.63. The van der Waals surface area contributed by atoms with Crippen LogP contribution in [0.5, 0.6) is 0 Å². The molecule has 0 aromatic heterocycles. The highest BCUT2D eigenvalue weighted by atomic mass is 16.3. The van der Waals surface area contributed by atoms with Gasteiger partial charge in [-0.25, -0.2) is 0 Å². The monoisotopic (exact) mass is 250 g/mol. The van der Waals surface area contributed by atoms with Crippen molar-refractivity contribution < 1.29 is 5.11 Å². The zero-order valence-corrected chi connectivity index (χ0v) is 11.5. The van der Waals surface area contributed by atoms with Crippen molar-refractivity contribution in [3.05, 3.63) is 0 Å². The van der Waals surface area contributed by atoms with E-state index in [9.17, 15) is 5.11 Å². The summed E-state index contributed by atoms with van der Waals surface area (Å²) in [6.45, 7) is 2.89. The molecule has 0 spiro atoms. The highest BCUT2D eigenvalue weighted by Crippen LogP contribution is 2.32. The van der Waals surface area contributed by atoms with E-state index in [1.54, 1.807) is 0 Å². The molecule has 2 aliphatic carbocycles. The van der Waals surface area contributed by atoms with Gasteiger partial charge in [0, 0.05) is 12.6 Å². The molecule has 0 heterocycles. The Balaban J connectivity index is 1.84. The van der Waals surface area contributed by atoms with Crippen LogP contribution in [0.4, 0.5) is 0 Å². The van der Waals surface area contributed by atoms with Crippen molar-refractivity contribution in [2.75, 3.05) is 6.54 Å². The molecule has 2 aliphatic rings. The lowest BCUT2D eigenvalue weighted by molar-refractivity contribution is -0.0154. The van der Waals surface area contributed by atoms with Crippen molar-refractivity contribution in [3.63, 3.8) is 0 Å². The molecular formula is C15H26N2O. The van der Waals surface area contributed by atoms with Gasteiger partial charge in [0.25, 0.3) is 0 Å². The quantitative estimate of drug-likeness (QED) is 0.809. The molecule has 18 heavy (non-hydrogen) atoms. The van der Waals surface area contributed by atoms with Gasteiger partial charge in [0.05, 0.1) is 17.6 Å². The van der Waals surface area contributed by atoms with Crippen molar-refractivity contribution in [3.8, 4) is 6.07 Å². The van der Waals surface area contributed by atoms with Crippen LogP contribution in [-0.2, 0) is 0 Å². The van der Waals surface area contributed by atoms with Crippen molar-refractivity contribution in [1.29, 1.82) is 5.26 Å². The van der Waals surface area contributed by atoms with Crippen molar-refractivity contribution in [2.45, 2.75) is 69.9 Å². The number of hydrogen-bond acceptors (Lipinski definition) is 3. The van der Waals surface area contributed by atoms with Gasteiger partial charge in [-0.2, -0.15) is 5.26 Å². The highest BCUT2D eigenvalue weighted by molar-refractivity contribution is 4.96. The second-order valence-electron chi connectivity index (χ2n) is 6.43. The Morgan fingerprint density at radius 3 is 2.78 bits per heavy atom. The summed E-state index contributed by atoms with van der Waals surface area (Å²) in [5.41, 5.74) is -0.533. The van der Waals surface area contributed by atoms with Gasteiger partial charge in [-0.05, 0) is 31.6 Å². The van der Waals surface area contributed by atoms with Gasteiger partial charge < -0.3 is 10.4 Å². The zero-order valence-electron chi connectivity index (χ0n) is 11.5. The molecule has 3 heteroatoms. The number of nitrogens with one attached hydrogen (secondary N) is 1. The zero-order chi connectivity index (χ0) is 13.0. The van der Waals surface area contributed by atoms with E-state index in [-0.39, 0.29) is 5.92 Å². The highest BCUT2D eigenvalue weighted by Gasteiger charge is 2.34. The molecule has 0 aromatic carbocycles. The number of hydrogen-bond donors (Lipinski definition) is 2. The summed E-state index contributed by atoms with van der Waals surface area (Å²) in [5, 5.41) is 23.2. The van der Waals surface area contributed by atoms with E-state index in [0.29, 0.717) is 18.5 Å². The molecule has 2 saturated carbocycles. The third-order valence-corrected chi connectivity index (χ3v) is 4.69. The Hall–Kier alpha value is -0.590. The Kier molecular flexibility index (Phi) is 4.64. The Bertz CT molecular complexity index is 312. The minimum atomic E-state index is -0.533. The summed E-state index contributed by atoms with van der Waals surface area (Å²) < 4.78 is 0. The first kappa shape index (κ1) is 13.8. The van der Waals surface area contributed by atoms with E-state index in [1.165, 1.54) is 19.3 Å². The number of aliphatic hydroxyl groups is 1. The molecule has 2 fully saturated rings. The van der Waals surface area contributed by atoms with Gasteiger partial charge in [-0.15, -0.1) is 0 Å². The molecule has 2 rings (SSSR count). The van der Waals surface area contributed by atoms with Crippen LogP contribution in [0, 0.1) is 23.2 Å². The standard InChI is InChI=1S/C15H26N2O/c1-12-5-4-8-15(18,9-12)11-17-14-7-3-2-6-13(14)10-16/h12-14,17-18H,2-9,11H2,1H3. The fourth-order valence-corrected chi connectivity index (χ4v) is 3.64. The largest absolute Gasteiger partial charge is 0.389 e. The normalized spacial score (nSPS) is 41.3. The molecule has 4 unspecified atom stereocenters. The van der Waals surface area contributed by atoms with E-state index in [4.69, 9.17) is 5.26 Å². The molecule has 0 aliphatic heterocycles. The van der Waals surface area contributed by atoms with Crippen LogP contribution >= 0.6 is 0 Å². The molecule has 3 nitrogen and oxygen atoms in total. The first-order valence-electron chi connectivity index (χ1n) is 7.48. The second kappa shape index (κ2) is 6.04. The van der Waals surface area contributed by atoms with Crippen LogP contribution in [0.25, 0.3) is 0 Å². The molecule has 102 valence electrons. The molecular weight excluding hydrogens is 224 g/mol. The molecule has 0 saturated heterocycles. The van der Waals surface area contributed by atoms with E-state index < -0.39 is 5.60 Å². The van der Waals surface area contributed by atoms with E-state index in [0.717, 1.165) is 32.1 Å². The predicted molar refractivity (Wildman–Crippen MR) is 71.9 cm³/mol. The van der Waals surface area contributed by atoms with Gasteiger partial charge in [-0.1, -0.05) is 32.6 Å². The van der Waals surface area contributed by atoms with Crippen LogP contribution in [0.15, 0.2) is 0 Å². The predicted octanol–water partition coefficient (Wildman–Crippen LogP) is 2.60. The van der Waals surface area contributed by atoms with Crippen LogP contribution in [0.1, 0.15) is 58.3 Å². The van der Waals surface area contributed by atoms with Crippen molar-refractivity contribution >= 4 is 0 Å². The number of rotatable bonds is 3. The van der Waals surface area contributed by atoms with Gasteiger partial charge in [0.1, 0.15) is 0 Å². The summed E-state index contributed by atoms with van der Waals surface area (Å²) in [5.74, 6) is 0.770. The smallest absolute Gasteiger partial charge is 0.0774 e. The Morgan fingerprint density at radius 1 is 1.28 bits per heavy atom. The van der Waals surface area contributed by atoms with Gasteiger partial charge in [0.2, 0.25) is 0 Å². The molecule has 0 bridgehead atoms. The van der Waals surface area contributed by atoms with Gasteiger partial charge in [-0.3, -0.25) is 0 Å². The van der Waals surface area contributed by atoms with Crippen molar-refractivity contribution in [1.82, 2.24) is 5.32 Å². The molecule has 2 N–H and O–H groups in total. The minimum Gasteiger partial charge on any atom is -0.389 e. The minimum absolute atomic E-state index is 0.142. The molecule has 0 amide bonds. The lowest BCUT2D eigenvalue weighted by Crippen LogP contribution is -2.49. The van der Waals surface area contributed by atoms with E-state index in [1.807, 2.05) is 0 Å². The van der Waals surface area contributed by atoms with Gasteiger partial charge >= 0.3 is 0 Å².